The summed E-state index contributed by atoms with van der Waals surface area (Å²) >= 11 is 0. The molecule has 1 aliphatic heterocycles. The first-order valence-electron chi connectivity index (χ1n) is 9.42. The van der Waals surface area contributed by atoms with Gasteiger partial charge in [0.15, 0.2) is 0 Å². The number of nitrogens with one attached hydrogen (secondary N) is 1. The maximum atomic E-state index is 12.2. The minimum Gasteiger partial charge on any atom is -0.393 e. The molecule has 26 heavy (non-hydrogen) atoms. The predicted molar refractivity (Wildman–Crippen MR) is 102 cm³/mol. The zero-order valence-corrected chi connectivity index (χ0v) is 15.9. The standard InChI is InChI=1S/C20H31N3O3/c1-22(2)19(25)10-13-21-20(26)23-14-11-17(12-15-23)18(24)9-8-16-6-4-3-5-7-16/h3-7,17-18,24H,8-15H2,1-2H3,(H,21,26). The van der Waals surface area contributed by atoms with Crippen LogP contribution < -0.4 is 5.32 Å². The first-order valence-corrected chi connectivity index (χ1v) is 9.42. The monoisotopic (exact) mass is 361 g/mol. The van der Waals surface area contributed by atoms with Crippen molar-refractivity contribution in [3.63, 3.8) is 0 Å². The molecule has 1 aromatic carbocycles. The average molecular weight is 361 g/mol. The number of urea groups is 1. The molecule has 1 fully saturated rings. The van der Waals surface area contributed by atoms with Gasteiger partial charge in [-0.3, -0.25) is 4.79 Å². The predicted octanol–water partition coefficient (Wildman–Crippen LogP) is 1.88. The van der Waals surface area contributed by atoms with Crippen LogP contribution in [0, 0.1) is 5.92 Å². The third-order valence-electron chi connectivity index (χ3n) is 5.06. The maximum Gasteiger partial charge on any atom is 0.317 e. The van der Waals surface area contributed by atoms with Crippen LogP contribution in [-0.2, 0) is 11.2 Å². The van der Waals surface area contributed by atoms with Crippen molar-refractivity contribution in [2.75, 3.05) is 33.7 Å². The highest BCUT2D eigenvalue weighted by Gasteiger charge is 2.27. The van der Waals surface area contributed by atoms with Crippen molar-refractivity contribution in [3.8, 4) is 0 Å². The van der Waals surface area contributed by atoms with Crippen LogP contribution in [-0.4, -0.2) is 66.7 Å². The molecule has 0 saturated carbocycles. The number of carbonyl (C=O) groups excluding carboxylic acids is 2. The van der Waals surface area contributed by atoms with Gasteiger partial charge in [-0.25, -0.2) is 4.79 Å². The number of nitrogens with zero attached hydrogens (tertiary/aromatic N) is 2. The van der Waals surface area contributed by atoms with E-state index >= 15 is 0 Å². The third kappa shape index (κ3) is 6.33. The molecule has 3 amide bonds. The second kappa shape index (κ2) is 10.2. The Labute approximate surface area is 156 Å². The van der Waals surface area contributed by atoms with E-state index < -0.39 is 0 Å². The lowest BCUT2D eigenvalue weighted by molar-refractivity contribution is -0.128. The molecule has 0 aliphatic carbocycles. The summed E-state index contributed by atoms with van der Waals surface area (Å²) in [7, 11) is 3.41. The Kier molecular flexibility index (Phi) is 7.91. The molecule has 0 radical (unpaired) electrons. The number of piperidine rings is 1. The van der Waals surface area contributed by atoms with Crippen LogP contribution in [0.25, 0.3) is 0 Å². The van der Waals surface area contributed by atoms with Gasteiger partial charge in [-0.15, -0.1) is 0 Å². The molecule has 1 aromatic rings. The number of benzene rings is 1. The average Bonchev–Trinajstić information content (AvgIpc) is 2.66. The topological polar surface area (TPSA) is 72.9 Å². The summed E-state index contributed by atoms with van der Waals surface area (Å²) in [5.74, 6) is 0.253. The third-order valence-corrected chi connectivity index (χ3v) is 5.06. The lowest BCUT2D eigenvalue weighted by atomic mass is 9.88. The molecule has 1 unspecified atom stereocenters. The smallest absolute Gasteiger partial charge is 0.317 e. The van der Waals surface area contributed by atoms with Gasteiger partial charge < -0.3 is 20.2 Å². The molecular formula is C20H31N3O3. The lowest BCUT2D eigenvalue weighted by Crippen LogP contribution is -2.46. The molecule has 0 spiro atoms. The normalized spacial score (nSPS) is 16.2. The quantitative estimate of drug-likeness (QED) is 0.779. The molecule has 0 bridgehead atoms. The van der Waals surface area contributed by atoms with Crippen molar-refractivity contribution in [2.24, 2.45) is 5.92 Å². The number of rotatable bonds is 7. The van der Waals surface area contributed by atoms with Crippen LogP contribution in [0.15, 0.2) is 30.3 Å². The molecule has 1 heterocycles. The van der Waals surface area contributed by atoms with Gasteiger partial charge in [0.25, 0.3) is 0 Å². The van der Waals surface area contributed by atoms with E-state index in [1.165, 1.54) is 10.5 Å². The molecule has 144 valence electrons. The number of aliphatic hydroxyl groups excluding tert-OH is 1. The van der Waals surface area contributed by atoms with E-state index in [0.717, 1.165) is 25.7 Å². The highest BCUT2D eigenvalue weighted by Crippen LogP contribution is 2.23. The Morgan fingerprint density at radius 3 is 2.50 bits per heavy atom. The lowest BCUT2D eigenvalue weighted by Gasteiger charge is -2.34. The van der Waals surface area contributed by atoms with Gasteiger partial charge in [0.05, 0.1) is 6.10 Å². The van der Waals surface area contributed by atoms with Crippen molar-refractivity contribution in [1.82, 2.24) is 15.1 Å². The number of aliphatic hydroxyl groups is 1. The Morgan fingerprint density at radius 2 is 1.88 bits per heavy atom. The van der Waals surface area contributed by atoms with E-state index in [2.05, 4.69) is 17.4 Å². The van der Waals surface area contributed by atoms with Crippen molar-refractivity contribution in [1.29, 1.82) is 0 Å². The Hall–Kier alpha value is -2.08. The number of amides is 3. The molecule has 0 aromatic heterocycles. The highest BCUT2D eigenvalue weighted by molar-refractivity contribution is 5.78. The zero-order valence-electron chi connectivity index (χ0n) is 15.9. The number of aryl methyl sites for hydroxylation is 1. The van der Waals surface area contributed by atoms with E-state index in [4.69, 9.17) is 0 Å². The van der Waals surface area contributed by atoms with Gasteiger partial charge in [-0.1, -0.05) is 30.3 Å². The van der Waals surface area contributed by atoms with Crippen molar-refractivity contribution in [2.45, 2.75) is 38.2 Å². The molecule has 1 aliphatic rings. The van der Waals surface area contributed by atoms with Gasteiger partial charge in [0.2, 0.25) is 5.91 Å². The second-order valence-electron chi connectivity index (χ2n) is 7.19. The summed E-state index contributed by atoms with van der Waals surface area (Å²) in [6, 6.07) is 10.1. The van der Waals surface area contributed by atoms with E-state index in [-0.39, 0.29) is 24.0 Å². The van der Waals surface area contributed by atoms with Gasteiger partial charge in [0, 0.05) is 40.2 Å². The fourth-order valence-corrected chi connectivity index (χ4v) is 3.29. The SMILES string of the molecule is CN(C)C(=O)CCNC(=O)N1CCC(C(O)CCc2ccccc2)CC1. The fraction of sp³-hybridized carbons (Fsp3) is 0.600. The zero-order chi connectivity index (χ0) is 18.9. The maximum absolute atomic E-state index is 12.2. The Morgan fingerprint density at radius 1 is 1.23 bits per heavy atom. The molecule has 2 N–H and O–H groups in total. The summed E-state index contributed by atoms with van der Waals surface area (Å²) in [6.45, 7) is 1.66. The minimum atomic E-state index is -0.321. The summed E-state index contributed by atoms with van der Waals surface area (Å²) < 4.78 is 0. The first-order chi connectivity index (χ1) is 12.5. The summed E-state index contributed by atoms with van der Waals surface area (Å²) in [5, 5.41) is 13.3. The van der Waals surface area contributed by atoms with E-state index in [0.29, 0.717) is 26.1 Å². The van der Waals surface area contributed by atoms with Crippen molar-refractivity contribution < 1.29 is 14.7 Å². The number of carbonyl (C=O) groups is 2. The Balaban J connectivity index is 1.66. The first kappa shape index (κ1) is 20.2. The van der Waals surface area contributed by atoms with E-state index in [9.17, 15) is 14.7 Å². The van der Waals surface area contributed by atoms with E-state index in [1.807, 2.05) is 18.2 Å². The van der Waals surface area contributed by atoms with Crippen LogP contribution in [0.4, 0.5) is 4.79 Å². The number of likely N-dealkylation sites (tertiary alicyclic amines) is 1. The van der Waals surface area contributed by atoms with Crippen molar-refractivity contribution in [3.05, 3.63) is 35.9 Å². The van der Waals surface area contributed by atoms with Crippen LogP contribution in [0.3, 0.4) is 0 Å². The second-order valence-corrected chi connectivity index (χ2v) is 7.19. The van der Waals surface area contributed by atoms with E-state index in [1.54, 1.807) is 19.0 Å². The largest absolute Gasteiger partial charge is 0.393 e. The van der Waals surface area contributed by atoms with Gasteiger partial charge in [0.1, 0.15) is 0 Å². The van der Waals surface area contributed by atoms with Crippen LogP contribution >= 0.6 is 0 Å². The molecule has 6 heteroatoms. The number of hydrogen-bond acceptors (Lipinski definition) is 3. The van der Waals surface area contributed by atoms with Gasteiger partial charge in [-0.2, -0.15) is 0 Å². The van der Waals surface area contributed by atoms with Gasteiger partial charge in [-0.05, 0) is 37.2 Å². The summed E-state index contributed by atoms with van der Waals surface area (Å²) in [5.41, 5.74) is 1.25. The number of hydrogen-bond donors (Lipinski definition) is 2. The van der Waals surface area contributed by atoms with Crippen LogP contribution in [0.5, 0.6) is 0 Å². The molecular weight excluding hydrogens is 330 g/mol. The minimum absolute atomic E-state index is 0.00514. The van der Waals surface area contributed by atoms with Gasteiger partial charge >= 0.3 is 6.03 Å². The van der Waals surface area contributed by atoms with Crippen molar-refractivity contribution >= 4 is 11.9 Å². The Bertz CT molecular complexity index is 569. The van der Waals surface area contributed by atoms with Crippen LogP contribution in [0.1, 0.15) is 31.2 Å². The highest BCUT2D eigenvalue weighted by atomic mass is 16.3. The summed E-state index contributed by atoms with van der Waals surface area (Å²) in [6.07, 6.45) is 3.27. The summed E-state index contributed by atoms with van der Waals surface area (Å²) in [4.78, 5) is 27.0. The fourth-order valence-electron chi connectivity index (χ4n) is 3.29. The van der Waals surface area contributed by atoms with Crippen LogP contribution in [0.2, 0.25) is 0 Å². The molecule has 2 rings (SSSR count). The molecule has 6 nitrogen and oxygen atoms in total. The molecule has 1 saturated heterocycles. The molecule has 1 atom stereocenters.